The number of rotatable bonds is 4. The first kappa shape index (κ1) is 16.0. The van der Waals surface area contributed by atoms with Gasteiger partial charge in [0.2, 0.25) is 0 Å². The van der Waals surface area contributed by atoms with Crippen molar-refractivity contribution in [2.45, 2.75) is 0 Å². The topological polar surface area (TPSA) is 74.8 Å². The van der Waals surface area contributed by atoms with Crippen molar-refractivity contribution in [1.29, 1.82) is 0 Å². The maximum absolute atomic E-state index is 12.4. The molecule has 6 nitrogen and oxygen atoms in total. The van der Waals surface area contributed by atoms with Crippen LogP contribution in [0.5, 0.6) is 0 Å². The van der Waals surface area contributed by atoms with E-state index < -0.39 is 23.6 Å². The van der Waals surface area contributed by atoms with E-state index in [0.717, 1.165) is 9.80 Å². The first-order chi connectivity index (χ1) is 12.5. The molecule has 2 heterocycles. The number of carbonyl (C=O) groups is 4. The molecule has 0 saturated heterocycles. The molecule has 4 amide bonds. The van der Waals surface area contributed by atoms with Gasteiger partial charge >= 0.3 is 0 Å². The fraction of sp³-hybridized carbons (Fsp3) is 0.100. The molecule has 0 aliphatic carbocycles. The van der Waals surface area contributed by atoms with Crippen molar-refractivity contribution >= 4 is 23.6 Å². The van der Waals surface area contributed by atoms with E-state index >= 15 is 0 Å². The second kappa shape index (κ2) is 5.77. The number of benzene rings is 2. The van der Waals surface area contributed by atoms with Crippen LogP contribution in [0.1, 0.15) is 41.4 Å². The summed E-state index contributed by atoms with van der Waals surface area (Å²) in [4.78, 5) is 51.8. The predicted molar refractivity (Wildman–Crippen MR) is 92.8 cm³/mol. The van der Waals surface area contributed by atoms with E-state index in [9.17, 15) is 19.2 Å². The van der Waals surface area contributed by atoms with Gasteiger partial charge < -0.3 is 0 Å². The standard InChI is InChI=1S/C20H14N2O4/c1-12(10-21-17(23)13-6-2-3-7-14(13)18(21)24)11-22-19(25)15-8-4-5-9-16(15)20(22)26/h2-9H,1,10-11H2. The molecule has 6 heteroatoms. The molecule has 0 bridgehead atoms. The molecule has 4 rings (SSSR count). The quantitative estimate of drug-likeness (QED) is 0.628. The summed E-state index contributed by atoms with van der Waals surface area (Å²) in [6, 6.07) is 13.2. The molecule has 0 atom stereocenters. The Bertz CT molecular complexity index is 859. The van der Waals surface area contributed by atoms with E-state index in [-0.39, 0.29) is 13.1 Å². The van der Waals surface area contributed by atoms with E-state index in [4.69, 9.17) is 0 Å². The number of imide groups is 2. The van der Waals surface area contributed by atoms with E-state index in [1.165, 1.54) is 0 Å². The first-order valence-electron chi connectivity index (χ1n) is 8.06. The molecule has 0 radical (unpaired) electrons. The summed E-state index contributed by atoms with van der Waals surface area (Å²) < 4.78 is 0. The Kier molecular flexibility index (Phi) is 3.54. The van der Waals surface area contributed by atoms with Crippen LogP contribution in [0.3, 0.4) is 0 Å². The highest BCUT2D eigenvalue weighted by molar-refractivity contribution is 6.22. The molecule has 0 saturated carbocycles. The summed E-state index contributed by atoms with van der Waals surface area (Å²) in [7, 11) is 0. The third-order valence-corrected chi connectivity index (χ3v) is 4.52. The van der Waals surface area contributed by atoms with Crippen LogP contribution in [-0.2, 0) is 0 Å². The van der Waals surface area contributed by atoms with Gasteiger partial charge in [-0.2, -0.15) is 0 Å². The number of hydrogen-bond donors (Lipinski definition) is 0. The Balaban J connectivity index is 1.50. The number of nitrogens with zero attached hydrogens (tertiary/aromatic N) is 2. The molecule has 128 valence electrons. The van der Waals surface area contributed by atoms with Gasteiger partial charge in [0.1, 0.15) is 0 Å². The molecule has 0 aromatic heterocycles. The van der Waals surface area contributed by atoms with Crippen LogP contribution in [0.25, 0.3) is 0 Å². The first-order valence-corrected chi connectivity index (χ1v) is 8.06. The zero-order valence-corrected chi connectivity index (χ0v) is 13.8. The monoisotopic (exact) mass is 346 g/mol. The molecule has 2 aliphatic rings. The van der Waals surface area contributed by atoms with E-state index in [1.807, 2.05) is 0 Å². The van der Waals surface area contributed by atoms with Crippen molar-refractivity contribution in [2.24, 2.45) is 0 Å². The minimum Gasteiger partial charge on any atom is -0.270 e. The zero-order valence-electron chi connectivity index (χ0n) is 13.8. The van der Waals surface area contributed by atoms with Gasteiger partial charge in [-0.05, 0) is 29.8 Å². The van der Waals surface area contributed by atoms with E-state index in [1.54, 1.807) is 48.5 Å². The maximum atomic E-state index is 12.4. The summed E-state index contributed by atoms with van der Waals surface area (Å²) in [6.07, 6.45) is 0. The number of fused-ring (bicyclic) bond motifs is 2. The van der Waals surface area contributed by atoms with E-state index in [2.05, 4.69) is 6.58 Å². The molecular formula is C20H14N2O4. The molecule has 2 aromatic rings. The largest absolute Gasteiger partial charge is 0.270 e. The number of carbonyl (C=O) groups excluding carboxylic acids is 4. The van der Waals surface area contributed by atoms with Crippen molar-refractivity contribution in [3.05, 3.63) is 82.9 Å². The molecule has 2 aromatic carbocycles. The average molecular weight is 346 g/mol. The summed E-state index contributed by atoms with van der Waals surface area (Å²) in [5, 5.41) is 0. The fourth-order valence-electron chi connectivity index (χ4n) is 3.26. The third kappa shape index (κ3) is 2.27. The lowest BCUT2D eigenvalue weighted by atomic mass is 10.1. The number of amides is 4. The van der Waals surface area contributed by atoms with Gasteiger partial charge in [-0.3, -0.25) is 29.0 Å². The Morgan fingerprint density at radius 3 is 1.15 bits per heavy atom. The Hall–Kier alpha value is -3.54. The van der Waals surface area contributed by atoms with Crippen LogP contribution in [0, 0.1) is 0 Å². The minimum atomic E-state index is -0.394. The lowest BCUT2D eigenvalue weighted by Crippen LogP contribution is -2.37. The van der Waals surface area contributed by atoms with Crippen LogP contribution in [0.2, 0.25) is 0 Å². The molecule has 2 aliphatic heterocycles. The predicted octanol–water partition coefficient (Wildman–Crippen LogP) is 2.13. The van der Waals surface area contributed by atoms with Crippen molar-refractivity contribution in [2.75, 3.05) is 13.1 Å². The van der Waals surface area contributed by atoms with Gasteiger partial charge in [-0.1, -0.05) is 30.8 Å². The minimum absolute atomic E-state index is 0.0419. The Morgan fingerprint density at radius 1 is 0.615 bits per heavy atom. The second-order valence-corrected chi connectivity index (χ2v) is 6.23. The van der Waals surface area contributed by atoms with Gasteiger partial charge in [0.15, 0.2) is 0 Å². The molecule has 0 unspecified atom stereocenters. The van der Waals surface area contributed by atoms with Crippen molar-refractivity contribution in [3.8, 4) is 0 Å². The SMILES string of the molecule is C=C(CN1C(=O)c2ccccc2C1=O)CN1C(=O)c2ccccc2C1=O. The van der Waals surface area contributed by atoms with Gasteiger partial charge in [0.25, 0.3) is 23.6 Å². The Morgan fingerprint density at radius 2 is 0.885 bits per heavy atom. The molecule has 0 spiro atoms. The van der Waals surface area contributed by atoms with Crippen LogP contribution < -0.4 is 0 Å². The molecule has 0 N–H and O–H groups in total. The second-order valence-electron chi connectivity index (χ2n) is 6.23. The highest BCUT2D eigenvalue weighted by Crippen LogP contribution is 2.25. The highest BCUT2D eigenvalue weighted by Gasteiger charge is 2.38. The summed E-state index contributed by atoms with van der Waals surface area (Å²) in [5.41, 5.74) is 1.84. The van der Waals surface area contributed by atoms with Crippen LogP contribution in [0.15, 0.2) is 60.7 Å². The van der Waals surface area contributed by atoms with Crippen LogP contribution in [0.4, 0.5) is 0 Å². The van der Waals surface area contributed by atoms with Gasteiger partial charge in [-0.15, -0.1) is 0 Å². The lowest BCUT2D eigenvalue weighted by molar-refractivity contribution is 0.0657. The van der Waals surface area contributed by atoms with Crippen molar-refractivity contribution < 1.29 is 19.2 Å². The number of hydrogen-bond acceptors (Lipinski definition) is 4. The Labute approximate surface area is 149 Å². The van der Waals surface area contributed by atoms with Gasteiger partial charge in [-0.25, -0.2) is 0 Å². The molecule has 0 fully saturated rings. The van der Waals surface area contributed by atoms with Crippen LogP contribution in [-0.4, -0.2) is 46.5 Å². The third-order valence-electron chi connectivity index (χ3n) is 4.52. The highest BCUT2D eigenvalue weighted by atomic mass is 16.2. The van der Waals surface area contributed by atoms with Gasteiger partial charge in [0, 0.05) is 0 Å². The van der Waals surface area contributed by atoms with Crippen molar-refractivity contribution in [1.82, 2.24) is 9.80 Å². The summed E-state index contributed by atoms with van der Waals surface area (Å²) >= 11 is 0. The van der Waals surface area contributed by atoms with E-state index in [0.29, 0.717) is 27.8 Å². The van der Waals surface area contributed by atoms with Crippen molar-refractivity contribution in [3.63, 3.8) is 0 Å². The lowest BCUT2D eigenvalue weighted by Gasteiger charge is -2.19. The maximum Gasteiger partial charge on any atom is 0.261 e. The average Bonchev–Trinajstić information content (AvgIpc) is 3.03. The smallest absolute Gasteiger partial charge is 0.261 e. The zero-order chi connectivity index (χ0) is 18.4. The molecular weight excluding hydrogens is 332 g/mol. The van der Waals surface area contributed by atoms with Gasteiger partial charge in [0.05, 0.1) is 35.3 Å². The normalized spacial score (nSPS) is 15.5. The summed E-state index contributed by atoms with van der Waals surface area (Å²) in [5.74, 6) is -1.58. The molecule has 26 heavy (non-hydrogen) atoms. The summed E-state index contributed by atoms with van der Waals surface area (Å²) in [6.45, 7) is 3.77. The fourth-order valence-corrected chi connectivity index (χ4v) is 3.26. The van der Waals surface area contributed by atoms with Crippen LogP contribution >= 0.6 is 0 Å².